The number of hydrogen-bond donors (Lipinski definition) is 4. The van der Waals surface area contributed by atoms with Gasteiger partial charge < -0.3 is 20.8 Å². The van der Waals surface area contributed by atoms with Crippen molar-refractivity contribution in [1.82, 2.24) is 10.6 Å². The average Bonchev–Trinajstić information content (AvgIpc) is 2.49. The van der Waals surface area contributed by atoms with Gasteiger partial charge in [0.15, 0.2) is 0 Å². The molecule has 1 rings (SSSR count). The molecule has 1 aliphatic carbocycles. The van der Waals surface area contributed by atoms with Gasteiger partial charge in [-0.25, -0.2) is 0 Å². The number of carbonyl (C=O) groups excluding carboxylic acids is 2. The van der Waals surface area contributed by atoms with Crippen molar-refractivity contribution >= 4 is 23.4 Å². The van der Waals surface area contributed by atoms with Gasteiger partial charge in [0.25, 0.3) is 0 Å². The van der Waals surface area contributed by atoms with Crippen molar-refractivity contribution in [3.05, 3.63) is 35.6 Å². The number of rotatable bonds is 7. The smallest absolute Gasteiger partial charge is 0.250 e. The Hall–Kier alpha value is -1.79. The highest BCUT2D eigenvalue weighted by atomic mass is 35.5. The largest absolute Gasteiger partial charge is 0.511 e. The molecule has 0 saturated carbocycles. The van der Waals surface area contributed by atoms with Gasteiger partial charge in [0.1, 0.15) is 17.9 Å². The molecule has 2 unspecified atom stereocenters. The molecular formula is C16H23ClN2O4. The summed E-state index contributed by atoms with van der Waals surface area (Å²) in [6.07, 6.45) is 4.21. The van der Waals surface area contributed by atoms with E-state index in [1.165, 1.54) is 0 Å². The first-order valence-electron chi connectivity index (χ1n) is 7.39. The van der Waals surface area contributed by atoms with Crippen molar-refractivity contribution < 1.29 is 19.8 Å². The van der Waals surface area contributed by atoms with Crippen LogP contribution >= 0.6 is 11.6 Å². The van der Waals surface area contributed by atoms with Crippen LogP contribution in [-0.4, -0.2) is 40.7 Å². The number of hydrogen-bond acceptors (Lipinski definition) is 4. The zero-order valence-corrected chi connectivity index (χ0v) is 14.0. The molecular weight excluding hydrogens is 320 g/mol. The maximum absolute atomic E-state index is 12.2. The second-order valence-corrected chi connectivity index (χ2v) is 6.24. The Bertz CT molecular complexity index is 528. The predicted octanol–water partition coefficient (Wildman–Crippen LogP) is 1.37. The van der Waals surface area contributed by atoms with Gasteiger partial charge in [-0.1, -0.05) is 44.2 Å². The zero-order valence-electron chi connectivity index (χ0n) is 13.3. The first-order chi connectivity index (χ1) is 10.7. The van der Waals surface area contributed by atoms with E-state index in [1.54, 1.807) is 32.1 Å². The second-order valence-electron chi connectivity index (χ2n) is 5.81. The first-order valence-corrected chi connectivity index (χ1v) is 7.77. The summed E-state index contributed by atoms with van der Waals surface area (Å²) in [6.45, 7) is 6.73. The molecule has 2 amide bonds. The van der Waals surface area contributed by atoms with Crippen LogP contribution in [0.3, 0.4) is 0 Å². The van der Waals surface area contributed by atoms with Crippen LogP contribution in [0.1, 0.15) is 20.3 Å². The number of nitrogens with one attached hydrogen (secondary N) is 2. The van der Waals surface area contributed by atoms with Gasteiger partial charge >= 0.3 is 0 Å². The Morgan fingerprint density at radius 2 is 2.09 bits per heavy atom. The van der Waals surface area contributed by atoms with E-state index >= 15 is 0 Å². The van der Waals surface area contributed by atoms with E-state index in [0.717, 1.165) is 0 Å². The van der Waals surface area contributed by atoms with Crippen LogP contribution in [-0.2, 0) is 9.59 Å². The van der Waals surface area contributed by atoms with E-state index < -0.39 is 24.0 Å². The second kappa shape index (κ2) is 8.74. The molecule has 3 atom stereocenters. The summed E-state index contributed by atoms with van der Waals surface area (Å²) < 4.78 is 0. The van der Waals surface area contributed by atoms with Crippen LogP contribution in [0.15, 0.2) is 35.6 Å². The van der Waals surface area contributed by atoms with Crippen molar-refractivity contribution in [2.24, 2.45) is 11.8 Å². The summed E-state index contributed by atoms with van der Waals surface area (Å²) in [5, 5.41) is 24.7. The third-order valence-corrected chi connectivity index (χ3v) is 3.76. The van der Waals surface area contributed by atoms with Gasteiger partial charge in [-0.2, -0.15) is 0 Å². The fourth-order valence-corrected chi connectivity index (χ4v) is 2.27. The summed E-state index contributed by atoms with van der Waals surface area (Å²) in [5.41, 5.74) is 0. The third kappa shape index (κ3) is 6.08. The molecule has 23 heavy (non-hydrogen) atoms. The summed E-state index contributed by atoms with van der Waals surface area (Å²) >= 11 is 5.81. The van der Waals surface area contributed by atoms with Gasteiger partial charge in [-0.05, 0) is 18.4 Å². The maximum Gasteiger partial charge on any atom is 0.250 e. The number of aliphatic hydroxyl groups excluding tert-OH is 2. The standard InChI is InChI=1S/C16H23ClN2O4/c1-9(2)13(15(22)18-8-10(3)20)19-16(23)14(21)11-4-6-12(17)7-5-11/h4,6-7,9,11,13-14,20-21H,3,5,8H2,1-2H3,(H,18,22)(H,19,23)/t11?,13-,14?/m0/s1. The molecule has 128 valence electrons. The molecule has 0 aliphatic heterocycles. The van der Waals surface area contributed by atoms with E-state index in [0.29, 0.717) is 11.5 Å². The van der Waals surface area contributed by atoms with Crippen molar-refractivity contribution in [3.63, 3.8) is 0 Å². The van der Waals surface area contributed by atoms with Crippen LogP contribution in [0.5, 0.6) is 0 Å². The van der Waals surface area contributed by atoms with Gasteiger partial charge in [-0.3, -0.25) is 9.59 Å². The van der Waals surface area contributed by atoms with Crippen molar-refractivity contribution in [2.45, 2.75) is 32.4 Å². The van der Waals surface area contributed by atoms with Crippen LogP contribution in [0.4, 0.5) is 0 Å². The molecule has 0 saturated heterocycles. The molecule has 1 aliphatic rings. The Labute approximate surface area is 140 Å². The maximum atomic E-state index is 12.2. The van der Waals surface area contributed by atoms with Crippen molar-refractivity contribution in [1.29, 1.82) is 0 Å². The predicted molar refractivity (Wildman–Crippen MR) is 88.7 cm³/mol. The monoisotopic (exact) mass is 342 g/mol. The van der Waals surface area contributed by atoms with Crippen LogP contribution in [0.2, 0.25) is 0 Å². The minimum Gasteiger partial charge on any atom is -0.511 e. The highest BCUT2D eigenvalue weighted by Gasteiger charge is 2.30. The molecule has 0 radical (unpaired) electrons. The summed E-state index contributed by atoms with van der Waals surface area (Å²) in [4.78, 5) is 24.3. The van der Waals surface area contributed by atoms with Gasteiger partial charge in [-0.15, -0.1) is 0 Å². The summed E-state index contributed by atoms with van der Waals surface area (Å²) in [5.74, 6) is -1.82. The van der Waals surface area contributed by atoms with Crippen LogP contribution in [0.25, 0.3) is 0 Å². The third-order valence-electron chi connectivity index (χ3n) is 3.48. The summed E-state index contributed by atoms with van der Waals surface area (Å²) in [6, 6.07) is -0.816. The molecule has 0 aromatic heterocycles. The SMILES string of the molecule is C=C(O)CNC(=O)[C@@H](NC(=O)C(O)C1C=CC(Cl)=CC1)C(C)C. The number of halogens is 1. The first kappa shape index (κ1) is 19.3. The molecule has 6 nitrogen and oxygen atoms in total. The lowest BCUT2D eigenvalue weighted by atomic mass is 9.93. The molecule has 0 aromatic carbocycles. The molecule has 4 N–H and O–H groups in total. The zero-order chi connectivity index (χ0) is 17.6. The number of allylic oxidation sites excluding steroid dienone is 3. The molecule has 0 aromatic rings. The molecule has 0 heterocycles. The fourth-order valence-electron chi connectivity index (χ4n) is 2.11. The van der Waals surface area contributed by atoms with E-state index in [-0.39, 0.29) is 24.1 Å². The normalized spacial score (nSPS) is 19.7. The Morgan fingerprint density at radius 3 is 2.57 bits per heavy atom. The fraction of sp³-hybridized carbons (Fsp3) is 0.500. The topological polar surface area (TPSA) is 98.7 Å². The lowest BCUT2D eigenvalue weighted by Gasteiger charge is -2.25. The molecule has 0 bridgehead atoms. The van der Waals surface area contributed by atoms with Gasteiger partial charge in [0.2, 0.25) is 11.8 Å². The lowest BCUT2D eigenvalue weighted by Crippen LogP contribution is -2.53. The van der Waals surface area contributed by atoms with E-state index in [1.807, 2.05) is 0 Å². The Kier molecular flexibility index (Phi) is 7.32. The number of aliphatic hydroxyl groups is 2. The highest BCUT2D eigenvalue weighted by Crippen LogP contribution is 2.21. The minimum absolute atomic E-state index is 0.0882. The van der Waals surface area contributed by atoms with Crippen molar-refractivity contribution in [2.75, 3.05) is 6.54 Å². The Morgan fingerprint density at radius 1 is 1.43 bits per heavy atom. The quantitative estimate of drug-likeness (QED) is 0.525. The molecule has 0 fully saturated rings. The van der Waals surface area contributed by atoms with E-state index in [2.05, 4.69) is 17.2 Å². The van der Waals surface area contributed by atoms with E-state index in [9.17, 15) is 14.7 Å². The number of amides is 2. The molecule has 7 heteroatoms. The number of carbonyl (C=O) groups is 2. The van der Waals surface area contributed by atoms with Gasteiger partial charge in [0, 0.05) is 11.0 Å². The lowest BCUT2D eigenvalue weighted by molar-refractivity contribution is -0.136. The van der Waals surface area contributed by atoms with E-state index in [4.69, 9.17) is 16.7 Å². The molecule has 0 spiro atoms. The van der Waals surface area contributed by atoms with Crippen LogP contribution < -0.4 is 10.6 Å². The minimum atomic E-state index is -1.27. The average molecular weight is 343 g/mol. The summed E-state index contributed by atoms with van der Waals surface area (Å²) in [7, 11) is 0. The van der Waals surface area contributed by atoms with Crippen LogP contribution in [0, 0.1) is 11.8 Å². The van der Waals surface area contributed by atoms with Gasteiger partial charge in [0.05, 0.1) is 6.54 Å². The highest BCUT2D eigenvalue weighted by molar-refractivity contribution is 6.31. The van der Waals surface area contributed by atoms with Crippen molar-refractivity contribution in [3.8, 4) is 0 Å². The Balaban J connectivity index is 2.65.